The topological polar surface area (TPSA) is 80.4 Å². The van der Waals surface area contributed by atoms with Crippen molar-refractivity contribution in [3.8, 4) is 0 Å². The lowest BCUT2D eigenvalue weighted by Crippen LogP contribution is -2.21. The van der Waals surface area contributed by atoms with E-state index < -0.39 is 17.8 Å². The molecule has 0 rings (SSSR count). The molecule has 0 aliphatic carbocycles. The molecule has 1 unspecified atom stereocenters. The fourth-order valence-corrected chi connectivity index (χ4v) is 0.394. The highest BCUT2D eigenvalue weighted by atomic mass is 16.4. The zero-order valence-corrected chi connectivity index (χ0v) is 5.70. The van der Waals surface area contributed by atoms with Gasteiger partial charge in [0.1, 0.15) is 0 Å². The van der Waals surface area contributed by atoms with Gasteiger partial charge < -0.3 is 10.8 Å². The van der Waals surface area contributed by atoms with Crippen LogP contribution in [0, 0.1) is 12.3 Å². The molecule has 1 amide bonds. The van der Waals surface area contributed by atoms with Gasteiger partial charge in [-0.05, 0) is 6.42 Å². The van der Waals surface area contributed by atoms with Gasteiger partial charge in [-0.2, -0.15) is 0 Å². The van der Waals surface area contributed by atoms with Crippen molar-refractivity contribution < 1.29 is 14.7 Å². The molecule has 0 saturated carbocycles. The number of carbonyl (C=O) groups excluding carboxylic acids is 1. The Morgan fingerprint density at radius 1 is 1.70 bits per heavy atom. The number of primary amides is 1. The van der Waals surface area contributed by atoms with E-state index in [2.05, 4.69) is 0 Å². The molecule has 4 nitrogen and oxygen atoms in total. The number of amides is 1. The normalized spacial score (nSPS) is 12.5. The van der Waals surface area contributed by atoms with Crippen LogP contribution in [0.4, 0.5) is 0 Å². The molecule has 0 aliphatic rings. The molecule has 0 aromatic heterocycles. The predicted octanol–water partition coefficient (Wildman–Crippen LogP) is -0.213. The molecule has 1 atom stereocenters. The van der Waals surface area contributed by atoms with Crippen LogP contribution in [0.1, 0.15) is 13.3 Å². The quantitative estimate of drug-likeness (QED) is 0.572. The molecule has 1 radical (unpaired) electrons. The van der Waals surface area contributed by atoms with E-state index in [1.54, 1.807) is 6.92 Å². The average molecular weight is 144 g/mol. The highest BCUT2D eigenvalue weighted by Crippen LogP contribution is 2.01. The van der Waals surface area contributed by atoms with Crippen LogP contribution in [0.5, 0.6) is 0 Å². The summed E-state index contributed by atoms with van der Waals surface area (Å²) in [6.45, 7) is 1.56. The van der Waals surface area contributed by atoms with Crippen LogP contribution < -0.4 is 5.73 Å². The number of carboxylic acids is 1. The first-order chi connectivity index (χ1) is 4.54. The van der Waals surface area contributed by atoms with Gasteiger partial charge in [-0.15, -0.1) is 0 Å². The molecule has 0 aliphatic heterocycles. The summed E-state index contributed by atoms with van der Waals surface area (Å²) >= 11 is 0. The summed E-state index contributed by atoms with van der Waals surface area (Å²) in [5.74, 6) is -1.91. The first-order valence-electron chi connectivity index (χ1n) is 2.88. The minimum absolute atomic E-state index is 0.121. The van der Waals surface area contributed by atoms with E-state index in [-0.39, 0.29) is 6.42 Å². The SMILES string of the molecule is CC([CH]CC(=O)O)C(N)=O. The Labute approximate surface area is 59.0 Å². The van der Waals surface area contributed by atoms with E-state index >= 15 is 0 Å². The first kappa shape index (κ1) is 8.94. The Kier molecular flexibility index (Phi) is 3.46. The second kappa shape index (κ2) is 3.87. The number of hydrogen-bond acceptors (Lipinski definition) is 2. The molecule has 0 saturated heterocycles. The zero-order valence-electron chi connectivity index (χ0n) is 5.70. The Bertz CT molecular complexity index is 144. The average Bonchev–Trinajstić information content (AvgIpc) is 1.82. The molecule has 0 heterocycles. The molecule has 0 aromatic rings. The fraction of sp³-hybridized carbons (Fsp3) is 0.500. The molecule has 0 fully saturated rings. The van der Waals surface area contributed by atoms with Crippen LogP contribution in [0.2, 0.25) is 0 Å². The third-order valence-corrected chi connectivity index (χ3v) is 1.09. The number of hydrogen-bond donors (Lipinski definition) is 2. The Morgan fingerprint density at radius 3 is 2.50 bits per heavy atom. The van der Waals surface area contributed by atoms with Crippen LogP contribution in [0.15, 0.2) is 0 Å². The van der Waals surface area contributed by atoms with Crippen molar-refractivity contribution in [1.82, 2.24) is 0 Å². The van der Waals surface area contributed by atoms with Crippen molar-refractivity contribution in [1.29, 1.82) is 0 Å². The molecule has 0 bridgehead atoms. The van der Waals surface area contributed by atoms with E-state index in [4.69, 9.17) is 10.8 Å². The monoisotopic (exact) mass is 144 g/mol. The number of rotatable bonds is 4. The lowest BCUT2D eigenvalue weighted by atomic mass is 10.1. The maximum atomic E-state index is 10.3. The number of aliphatic carboxylic acids is 1. The van der Waals surface area contributed by atoms with Crippen LogP contribution in [-0.4, -0.2) is 17.0 Å². The standard InChI is InChI=1S/C6H10NO3/c1-4(6(7)10)2-3-5(8)9/h2,4H,3H2,1H3,(H2,7,10)(H,8,9). The van der Waals surface area contributed by atoms with E-state index in [1.807, 2.05) is 0 Å². The summed E-state index contributed by atoms with van der Waals surface area (Å²) < 4.78 is 0. The highest BCUT2D eigenvalue weighted by Gasteiger charge is 2.10. The molecule has 0 spiro atoms. The van der Waals surface area contributed by atoms with Gasteiger partial charge in [0.2, 0.25) is 5.91 Å². The molecule has 3 N–H and O–H groups in total. The van der Waals surface area contributed by atoms with Gasteiger partial charge in [0.15, 0.2) is 0 Å². The van der Waals surface area contributed by atoms with Crippen LogP contribution in [0.25, 0.3) is 0 Å². The van der Waals surface area contributed by atoms with Gasteiger partial charge in [0.05, 0.1) is 0 Å². The Balaban J connectivity index is 3.49. The Morgan fingerprint density at radius 2 is 2.20 bits per heavy atom. The van der Waals surface area contributed by atoms with Crippen molar-refractivity contribution in [3.05, 3.63) is 6.42 Å². The summed E-state index contributed by atoms with van der Waals surface area (Å²) in [6, 6.07) is 0. The number of carbonyl (C=O) groups is 2. The molecular formula is C6H10NO3. The van der Waals surface area contributed by atoms with Crippen molar-refractivity contribution >= 4 is 11.9 Å². The maximum Gasteiger partial charge on any atom is 0.303 e. The van der Waals surface area contributed by atoms with Gasteiger partial charge in [-0.1, -0.05) is 6.92 Å². The van der Waals surface area contributed by atoms with Crippen molar-refractivity contribution in [2.24, 2.45) is 11.7 Å². The summed E-state index contributed by atoms with van der Waals surface area (Å²) in [4.78, 5) is 20.3. The van der Waals surface area contributed by atoms with E-state index in [0.717, 1.165) is 0 Å². The van der Waals surface area contributed by atoms with Gasteiger partial charge in [-0.3, -0.25) is 9.59 Å². The third kappa shape index (κ3) is 3.88. The van der Waals surface area contributed by atoms with E-state index in [0.29, 0.717) is 0 Å². The van der Waals surface area contributed by atoms with Crippen molar-refractivity contribution in [2.75, 3.05) is 0 Å². The molecular weight excluding hydrogens is 134 g/mol. The largest absolute Gasteiger partial charge is 0.481 e. The van der Waals surface area contributed by atoms with Gasteiger partial charge >= 0.3 is 5.97 Å². The molecule has 4 heteroatoms. The van der Waals surface area contributed by atoms with Crippen LogP contribution in [0.3, 0.4) is 0 Å². The fourth-order valence-electron chi connectivity index (χ4n) is 0.394. The minimum atomic E-state index is -0.951. The summed E-state index contributed by atoms with van der Waals surface area (Å²) in [7, 11) is 0. The predicted molar refractivity (Wildman–Crippen MR) is 34.9 cm³/mol. The minimum Gasteiger partial charge on any atom is -0.481 e. The second-order valence-corrected chi connectivity index (χ2v) is 2.02. The van der Waals surface area contributed by atoms with Crippen molar-refractivity contribution in [3.63, 3.8) is 0 Å². The zero-order chi connectivity index (χ0) is 8.15. The maximum absolute atomic E-state index is 10.3. The van der Waals surface area contributed by atoms with Crippen LogP contribution >= 0.6 is 0 Å². The lowest BCUT2D eigenvalue weighted by molar-refractivity contribution is -0.136. The van der Waals surface area contributed by atoms with E-state index in [1.165, 1.54) is 6.42 Å². The highest BCUT2D eigenvalue weighted by molar-refractivity contribution is 5.79. The molecule has 10 heavy (non-hydrogen) atoms. The smallest absolute Gasteiger partial charge is 0.303 e. The second-order valence-electron chi connectivity index (χ2n) is 2.02. The molecule has 57 valence electrons. The Hall–Kier alpha value is -1.06. The first-order valence-corrected chi connectivity index (χ1v) is 2.88. The van der Waals surface area contributed by atoms with Crippen molar-refractivity contribution in [2.45, 2.75) is 13.3 Å². The molecule has 0 aromatic carbocycles. The summed E-state index contributed by atoms with van der Waals surface area (Å²) in [5, 5.41) is 8.16. The number of nitrogens with two attached hydrogens (primary N) is 1. The summed E-state index contributed by atoms with van der Waals surface area (Å²) in [5.41, 5.74) is 4.86. The van der Waals surface area contributed by atoms with Gasteiger partial charge in [-0.25, -0.2) is 0 Å². The summed E-state index contributed by atoms with van der Waals surface area (Å²) in [6.07, 6.45) is 1.24. The van der Waals surface area contributed by atoms with Gasteiger partial charge in [0.25, 0.3) is 0 Å². The van der Waals surface area contributed by atoms with Gasteiger partial charge in [0, 0.05) is 12.3 Å². The van der Waals surface area contributed by atoms with E-state index in [9.17, 15) is 9.59 Å². The number of carboxylic acid groups (broad SMARTS) is 1. The van der Waals surface area contributed by atoms with Crippen LogP contribution in [-0.2, 0) is 9.59 Å². The third-order valence-electron chi connectivity index (χ3n) is 1.09. The lowest BCUT2D eigenvalue weighted by Gasteiger charge is -2.01.